The lowest BCUT2D eigenvalue weighted by Crippen LogP contribution is -1.93. The van der Waals surface area contributed by atoms with Crippen molar-refractivity contribution < 1.29 is 0 Å². The number of hydrogen-bond donors (Lipinski definition) is 0. The second-order valence-corrected chi connectivity index (χ2v) is 4.99. The van der Waals surface area contributed by atoms with Gasteiger partial charge in [0.15, 0.2) is 0 Å². The van der Waals surface area contributed by atoms with Gasteiger partial charge in [-0.15, -0.1) is 5.10 Å². The van der Waals surface area contributed by atoms with Gasteiger partial charge < -0.3 is 0 Å². The van der Waals surface area contributed by atoms with Gasteiger partial charge in [-0.1, -0.05) is 32.7 Å². The summed E-state index contributed by atoms with van der Waals surface area (Å²) < 4.78 is 1.73. The van der Waals surface area contributed by atoms with E-state index in [-0.39, 0.29) is 4.83 Å². The fourth-order valence-corrected chi connectivity index (χ4v) is 1.51. The monoisotopic (exact) mass is 285 g/mol. The number of nitrogens with zero attached hydrogens (tertiary/aromatic N) is 3. The fraction of sp³-hybridized carbons (Fsp3) is 0.200. The molecular weight excluding hydrogens is 277 g/mol. The largest absolute Gasteiger partial charge is 0.220 e. The Morgan fingerprint density at radius 1 is 1.33 bits per heavy atom. The molecule has 0 spiro atoms. The highest BCUT2D eigenvalue weighted by molar-refractivity contribution is 9.09. The van der Waals surface area contributed by atoms with E-state index in [0.29, 0.717) is 5.02 Å². The summed E-state index contributed by atoms with van der Waals surface area (Å²) in [6.45, 7) is 2.01. The maximum Gasteiger partial charge on any atom is 0.0965 e. The number of hydrogen-bond acceptors (Lipinski definition) is 2. The van der Waals surface area contributed by atoms with E-state index in [2.05, 4.69) is 26.2 Å². The number of halogens is 2. The highest BCUT2D eigenvalue weighted by Gasteiger charge is 2.06. The highest BCUT2D eigenvalue weighted by atomic mass is 79.9. The van der Waals surface area contributed by atoms with Gasteiger partial charge in [0.25, 0.3) is 0 Å². The minimum atomic E-state index is 0.207. The van der Waals surface area contributed by atoms with Crippen molar-refractivity contribution >= 4 is 27.5 Å². The fourth-order valence-electron chi connectivity index (χ4n) is 1.18. The molecule has 1 heterocycles. The van der Waals surface area contributed by atoms with Crippen molar-refractivity contribution in [2.24, 2.45) is 0 Å². The van der Waals surface area contributed by atoms with Crippen molar-refractivity contribution in [1.82, 2.24) is 15.0 Å². The molecule has 1 atom stereocenters. The summed E-state index contributed by atoms with van der Waals surface area (Å²) in [5.41, 5.74) is 1.86. The zero-order chi connectivity index (χ0) is 10.8. The Morgan fingerprint density at radius 2 is 2.00 bits per heavy atom. The molecule has 3 nitrogen and oxygen atoms in total. The molecule has 78 valence electrons. The first kappa shape index (κ1) is 10.6. The Hall–Kier alpha value is -0.870. The molecule has 1 aromatic heterocycles. The molecule has 0 aliphatic carbocycles. The van der Waals surface area contributed by atoms with Crippen LogP contribution in [0.4, 0.5) is 0 Å². The van der Waals surface area contributed by atoms with Crippen LogP contribution in [0.2, 0.25) is 5.02 Å². The van der Waals surface area contributed by atoms with Gasteiger partial charge in [-0.25, -0.2) is 4.68 Å². The van der Waals surface area contributed by atoms with E-state index in [1.165, 1.54) is 0 Å². The van der Waals surface area contributed by atoms with Crippen LogP contribution in [-0.2, 0) is 0 Å². The summed E-state index contributed by atoms with van der Waals surface area (Å²) in [5.74, 6) is 0. The van der Waals surface area contributed by atoms with E-state index in [1.54, 1.807) is 4.68 Å². The summed E-state index contributed by atoms with van der Waals surface area (Å²) in [4.78, 5) is 0.207. The summed E-state index contributed by atoms with van der Waals surface area (Å²) in [7, 11) is 0. The number of alkyl halides is 1. The molecule has 0 aliphatic heterocycles. The van der Waals surface area contributed by atoms with Crippen LogP contribution in [-0.4, -0.2) is 15.0 Å². The van der Waals surface area contributed by atoms with E-state index in [9.17, 15) is 0 Å². The Balaban J connectivity index is 2.33. The molecule has 0 bridgehead atoms. The van der Waals surface area contributed by atoms with Gasteiger partial charge in [0.05, 0.1) is 22.4 Å². The Morgan fingerprint density at radius 3 is 2.53 bits per heavy atom. The van der Waals surface area contributed by atoms with E-state index in [1.807, 2.05) is 37.4 Å². The van der Waals surface area contributed by atoms with Crippen LogP contribution < -0.4 is 0 Å². The summed E-state index contributed by atoms with van der Waals surface area (Å²) in [6.07, 6.45) is 1.89. The third-order valence-corrected chi connectivity index (χ3v) is 2.73. The van der Waals surface area contributed by atoms with Crippen molar-refractivity contribution in [2.45, 2.75) is 11.8 Å². The molecule has 0 N–H and O–H groups in total. The molecular formula is C10H9BrClN3. The molecule has 2 aromatic rings. The molecule has 0 saturated carbocycles. The van der Waals surface area contributed by atoms with Crippen molar-refractivity contribution in [2.75, 3.05) is 0 Å². The smallest absolute Gasteiger partial charge is 0.0965 e. The van der Waals surface area contributed by atoms with Crippen LogP contribution in [0.1, 0.15) is 17.4 Å². The van der Waals surface area contributed by atoms with Crippen LogP contribution in [0.3, 0.4) is 0 Å². The molecule has 2 rings (SSSR count). The molecule has 0 amide bonds. The van der Waals surface area contributed by atoms with Gasteiger partial charge in [-0.05, 0) is 31.2 Å². The predicted octanol–water partition coefficient (Wildman–Crippen LogP) is 3.38. The van der Waals surface area contributed by atoms with Crippen molar-refractivity contribution in [3.8, 4) is 5.69 Å². The third kappa shape index (κ3) is 2.38. The maximum atomic E-state index is 5.80. The van der Waals surface area contributed by atoms with Gasteiger partial charge in [0.1, 0.15) is 0 Å². The normalized spacial score (nSPS) is 12.7. The van der Waals surface area contributed by atoms with Crippen LogP contribution >= 0.6 is 27.5 Å². The van der Waals surface area contributed by atoms with Crippen molar-refractivity contribution in [3.05, 3.63) is 41.2 Å². The number of benzene rings is 1. The van der Waals surface area contributed by atoms with Gasteiger partial charge in [-0.2, -0.15) is 0 Å². The second-order valence-electron chi connectivity index (χ2n) is 3.18. The molecule has 1 aromatic carbocycles. The molecule has 0 aliphatic rings. The maximum absolute atomic E-state index is 5.80. The highest BCUT2D eigenvalue weighted by Crippen LogP contribution is 2.20. The minimum absolute atomic E-state index is 0.207. The van der Waals surface area contributed by atoms with Gasteiger partial charge in [0.2, 0.25) is 0 Å². The van der Waals surface area contributed by atoms with Crippen molar-refractivity contribution in [1.29, 1.82) is 0 Å². The molecule has 0 radical (unpaired) electrons. The van der Waals surface area contributed by atoms with E-state index in [0.717, 1.165) is 11.4 Å². The van der Waals surface area contributed by atoms with E-state index in [4.69, 9.17) is 11.6 Å². The van der Waals surface area contributed by atoms with Crippen LogP contribution in [0.25, 0.3) is 5.69 Å². The third-order valence-electron chi connectivity index (χ3n) is 2.01. The Kier molecular flexibility index (Phi) is 3.07. The average molecular weight is 287 g/mol. The Labute approximate surface area is 101 Å². The lowest BCUT2D eigenvalue weighted by molar-refractivity contribution is 0.797. The molecule has 15 heavy (non-hydrogen) atoms. The minimum Gasteiger partial charge on any atom is -0.220 e. The second kappa shape index (κ2) is 4.33. The molecule has 1 unspecified atom stereocenters. The number of aromatic nitrogens is 3. The number of rotatable bonds is 2. The SMILES string of the molecule is CC(Br)c1cn(-c2ccc(Cl)cc2)nn1. The Bertz CT molecular complexity index is 450. The quantitative estimate of drug-likeness (QED) is 0.792. The lowest BCUT2D eigenvalue weighted by Gasteiger charge is -1.99. The summed E-state index contributed by atoms with van der Waals surface area (Å²) in [6, 6.07) is 7.46. The first-order chi connectivity index (χ1) is 7.16. The van der Waals surface area contributed by atoms with E-state index < -0.39 is 0 Å². The van der Waals surface area contributed by atoms with Gasteiger partial charge >= 0.3 is 0 Å². The topological polar surface area (TPSA) is 30.7 Å². The predicted molar refractivity (Wildman–Crippen MR) is 63.7 cm³/mol. The zero-order valence-corrected chi connectivity index (χ0v) is 10.4. The zero-order valence-electron chi connectivity index (χ0n) is 8.06. The molecule has 5 heteroatoms. The average Bonchev–Trinajstić information content (AvgIpc) is 2.68. The van der Waals surface area contributed by atoms with Crippen LogP contribution in [0.5, 0.6) is 0 Å². The molecule has 0 saturated heterocycles. The first-order valence-corrected chi connectivity index (χ1v) is 5.78. The van der Waals surface area contributed by atoms with Gasteiger partial charge in [-0.3, -0.25) is 0 Å². The van der Waals surface area contributed by atoms with Gasteiger partial charge in [0, 0.05) is 5.02 Å². The summed E-state index contributed by atoms with van der Waals surface area (Å²) >= 11 is 9.25. The summed E-state index contributed by atoms with van der Waals surface area (Å²) in [5, 5.41) is 8.79. The lowest BCUT2D eigenvalue weighted by atomic mass is 10.3. The van der Waals surface area contributed by atoms with E-state index >= 15 is 0 Å². The first-order valence-electron chi connectivity index (χ1n) is 4.49. The molecule has 0 fully saturated rings. The van der Waals surface area contributed by atoms with Crippen LogP contribution in [0, 0.1) is 0 Å². The standard InChI is InChI=1S/C10H9BrClN3/c1-7(11)10-6-15(14-13-10)9-4-2-8(12)3-5-9/h2-7H,1H3. The van der Waals surface area contributed by atoms with Crippen molar-refractivity contribution in [3.63, 3.8) is 0 Å². The van der Waals surface area contributed by atoms with Crippen LogP contribution in [0.15, 0.2) is 30.5 Å².